The van der Waals surface area contributed by atoms with Crippen LogP contribution in [0.1, 0.15) is 25.1 Å². The number of aliphatic hydroxyl groups is 1. The van der Waals surface area contributed by atoms with Crippen LogP contribution >= 0.6 is 0 Å². The van der Waals surface area contributed by atoms with Gasteiger partial charge in [0.05, 0.1) is 18.0 Å². The minimum absolute atomic E-state index is 0.0766. The normalized spacial score (nSPS) is 12.7. The quantitative estimate of drug-likeness (QED) is 0.904. The van der Waals surface area contributed by atoms with Gasteiger partial charge in [0.25, 0.3) is 0 Å². The van der Waals surface area contributed by atoms with Crippen molar-refractivity contribution in [2.24, 2.45) is 0 Å². The van der Waals surface area contributed by atoms with E-state index in [4.69, 9.17) is 0 Å². The third kappa shape index (κ3) is 3.25. The van der Waals surface area contributed by atoms with Gasteiger partial charge in [-0.3, -0.25) is 0 Å². The average molecular weight is 269 g/mol. The largest absolute Gasteiger partial charge is 0.435 e. The molecule has 2 rings (SSSR count). The van der Waals surface area contributed by atoms with Crippen molar-refractivity contribution in [3.63, 3.8) is 0 Å². The Kier molecular flexibility index (Phi) is 4.06. The molecule has 1 atom stereocenters. The second-order valence-corrected chi connectivity index (χ2v) is 3.88. The van der Waals surface area contributed by atoms with Gasteiger partial charge in [0, 0.05) is 0 Å². The molecule has 1 heterocycles. The van der Waals surface area contributed by atoms with Gasteiger partial charge < -0.3 is 9.84 Å². The molecule has 0 saturated carbocycles. The Bertz CT molecular complexity index is 528. The minimum atomic E-state index is -2.84. The SMILES string of the molecule is CCC(O)c1cn(-c2ccc(OC(F)F)cc2)nn1. The van der Waals surface area contributed by atoms with E-state index in [-0.39, 0.29) is 5.75 Å². The van der Waals surface area contributed by atoms with E-state index in [1.807, 2.05) is 6.92 Å². The molecule has 102 valence electrons. The molecule has 2 aromatic rings. The van der Waals surface area contributed by atoms with Crippen molar-refractivity contribution in [1.82, 2.24) is 15.0 Å². The molecule has 0 amide bonds. The molecule has 0 bridgehead atoms. The van der Waals surface area contributed by atoms with Crippen molar-refractivity contribution < 1.29 is 18.6 Å². The summed E-state index contributed by atoms with van der Waals surface area (Å²) < 4.78 is 29.7. The highest BCUT2D eigenvalue weighted by molar-refractivity contribution is 5.36. The molecule has 0 aliphatic carbocycles. The van der Waals surface area contributed by atoms with Gasteiger partial charge in [-0.25, -0.2) is 4.68 Å². The number of hydrogen-bond acceptors (Lipinski definition) is 4. The number of nitrogens with zero attached hydrogens (tertiary/aromatic N) is 3. The van der Waals surface area contributed by atoms with Crippen molar-refractivity contribution >= 4 is 0 Å². The molecule has 0 aliphatic heterocycles. The summed E-state index contributed by atoms with van der Waals surface area (Å²) in [6.07, 6.45) is 1.48. The highest BCUT2D eigenvalue weighted by Crippen LogP contribution is 2.18. The van der Waals surface area contributed by atoms with E-state index in [0.717, 1.165) is 0 Å². The van der Waals surface area contributed by atoms with Crippen LogP contribution in [0.3, 0.4) is 0 Å². The summed E-state index contributed by atoms with van der Waals surface area (Å²) in [5.41, 5.74) is 1.11. The molecule has 0 saturated heterocycles. The second-order valence-electron chi connectivity index (χ2n) is 3.88. The van der Waals surface area contributed by atoms with Crippen molar-refractivity contribution in [3.05, 3.63) is 36.2 Å². The lowest BCUT2D eigenvalue weighted by molar-refractivity contribution is -0.0498. The molecule has 0 spiro atoms. The molecular formula is C12H13F2N3O2. The molecule has 1 aromatic carbocycles. The van der Waals surface area contributed by atoms with Crippen LogP contribution in [0.4, 0.5) is 8.78 Å². The fourth-order valence-electron chi connectivity index (χ4n) is 1.55. The number of rotatable bonds is 5. The van der Waals surface area contributed by atoms with Crippen LogP contribution in [0.2, 0.25) is 0 Å². The number of alkyl halides is 2. The lowest BCUT2D eigenvalue weighted by atomic mass is 10.2. The zero-order chi connectivity index (χ0) is 13.8. The van der Waals surface area contributed by atoms with E-state index in [1.54, 1.807) is 18.3 Å². The third-order valence-electron chi connectivity index (χ3n) is 2.57. The van der Waals surface area contributed by atoms with Gasteiger partial charge in [-0.05, 0) is 30.7 Å². The van der Waals surface area contributed by atoms with E-state index in [0.29, 0.717) is 17.8 Å². The predicted octanol–water partition coefficient (Wildman–Crippen LogP) is 2.31. The monoisotopic (exact) mass is 269 g/mol. The molecule has 1 aromatic heterocycles. The number of ether oxygens (including phenoxy) is 1. The van der Waals surface area contributed by atoms with Gasteiger partial charge in [0.15, 0.2) is 0 Å². The summed E-state index contributed by atoms with van der Waals surface area (Å²) in [4.78, 5) is 0. The fraction of sp³-hybridized carbons (Fsp3) is 0.333. The molecule has 0 fully saturated rings. The van der Waals surface area contributed by atoms with Gasteiger partial charge in [-0.2, -0.15) is 8.78 Å². The average Bonchev–Trinajstić information content (AvgIpc) is 2.87. The summed E-state index contributed by atoms with van der Waals surface area (Å²) in [6.45, 7) is -1.01. The summed E-state index contributed by atoms with van der Waals surface area (Å²) >= 11 is 0. The molecule has 0 radical (unpaired) electrons. The van der Waals surface area contributed by atoms with Crippen LogP contribution in [-0.4, -0.2) is 26.7 Å². The number of hydrogen-bond donors (Lipinski definition) is 1. The molecule has 5 nitrogen and oxygen atoms in total. The van der Waals surface area contributed by atoms with Gasteiger partial charge in [0.2, 0.25) is 0 Å². The Balaban J connectivity index is 2.15. The first-order valence-electron chi connectivity index (χ1n) is 5.75. The third-order valence-corrected chi connectivity index (χ3v) is 2.57. The van der Waals surface area contributed by atoms with Crippen molar-refractivity contribution in [2.45, 2.75) is 26.1 Å². The highest BCUT2D eigenvalue weighted by atomic mass is 19.3. The molecule has 7 heteroatoms. The molecule has 1 N–H and O–H groups in total. The fourth-order valence-corrected chi connectivity index (χ4v) is 1.55. The zero-order valence-electron chi connectivity index (χ0n) is 10.2. The maximum Gasteiger partial charge on any atom is 0.387 e. The topological polar surface area (TPSA) is 60.2 Å². The van der Waals surface area contributed by atoms with Crippen molar-refractivity contribution in [3.8, 4) is 11.4 Å². The summed E-state index contributed by atoms with van der Waals surface area (Å²) in [5, 5.41) is 17.3. The first-order chi connectivity index (χ1) is 9.10. The Hall–Kier alpha value is -2.02. The smallest absolute Gasteiger partial charge is 0.387 e. The van der Waals surface area contributed by atoms with Crippen LogP contribution in [0.25, 0.3) is 5.69 Å². The Labute approximate surface area is 108 Å². The maximum absolute atomic E-state index is 12.0. The van der Waals surface area contributed by atoms with Gasteiger partial charge in [0.1, 0.15) is 11.4 Å². The Morgan fingerprint density at radius 2 is 2.00 bits per heavy atom. The standard InChI is InChI=1S/C12H13F2N3O2/c1-2-11(18)10-7-17(16-15-10)8-3-5-9(6-4-8)19-12(13)14/h3-7,11-12,18H,2H2,1H3. The number of halogens is 2. The second kappa shape index (κ2) is 5.75. The summed E-state index contributed by atoms with van der Waals surface area (Å²) in [7, 11) is 0. The molecule has 1 unspecified atom stereocenters. The number of aliphatic hydroxyl groups excluding tert-OH is 1. The van der Waals surface area contributed by atoms with Crippen molar-refractivity contribution in [1.29, 1.82) is 0 Å². The molecule has 0 aliphatic rings. The first kappa shape index (κ1) is 13.4. The van der Waals surface area contributed by atoms with Gasteiger partial charge >= 0.3 is 6.61 Å². The molecule has 19 heavy (non-hydrogen) atoms. The highest BCUT2D eigenvalue weighted by Gasteiger charge is 2.10. The summed E-state index contributed by atoms with van der Waals surface area (Å²) in [6, 6.07) is 5.99. The van der Waals surface area contributed by atoms with Crippen LogP contribution in [0, 0.1) is 0 Å². The maximum atomic E-state index is 12.0. The van der Waals surface area contributed by atoms with Crippen LogP contribution in [-0.2, 0) is 0 Å². The van der Waals surface area contributed by atoms with E-state index >= 15 is 0 Å². The van der Waals surface area contributed by atoms with E-state index in [9.17, 15) is 13.9 Å². The van der Waals surface area contributed by atoms with Crippen LogP contribution in [0.15, 0.2) is 30.5 Å². The van der Waals surface area contributed by atoms with Gasteiger partial charge in [-0.1, -0.05) is 12.1 Å². The summed E-state index contributed by atoms with van der Waals surface area (Å²) in [5.74, 6) is 0.0766. The van der Waals surface area contributed by atoms with Gasteiger partial charge in [-0.15, -0.1) is 5.10 Å². The Morgan fingerprint density at radius 3 is 2.58 bits per heavy atom. The van der Waals surface area contributed by atoms with E-state index in [1.165, 1.54) is 16.8 Å². The lowest BCUT2D eigenvalue weighted by Gasteiger charge is -2.05. The van der Waals surface area contributed by atoms with E-state index in [2.05, 4.69) is 15.0 Å². The predicted molar refractivity (Wildman–Crippen MR) is 63.2 cm³/mol. The number of aromatic nitrogens is 3. The van der Waals surface area contributed by atoms with Crippen molar-refractivity contribution in [2.75, 3.05) is 0 Å². The van der Waals surface area contributed by atoms with Crippen LogP contribution < -0.4 is 4.74 Å². The van der Waals surface area contributed by atoms with Crippen LogP contribution in [0.5, 0.6) is 5.75 Å². The first-order valence-corrected chi connectivity index (χ1v) is 5.75. The minimum Gasteiger partial charge on any atom is -0.435 e. The Morgan fingerprint density at radius 1 is 1.32 bits per heavy atom. The molecular weight excluding hydrogens is 256 g/mol. The van der Waals surface area contributed by atoms with E-state index < -0.39 is 12.7 Å². The lowest BCUT2D eigenvalue weighted by Crippen LogP contribution is -2.02. The number of benzene rings is 1. The zero-order valence-corrected chi connectivity index (χ0v) is 10.2.